The number of aromatic nitrogens is 2. The van der Waals surface area contributed by atoms with Gasteiger partial charge in [-0.2, -0.15) is 0 Å². The van der Waals surface area contributed by atoms with Crippen molar-refractivity contribution < 1.29 is 0 Å². The SMILES string of the molecule is CCCCNc1ncnc(Cl)c1Br. The maximum absolute atomic E-state index is 5.79. The Bertz CT molecular complexity index is 280. The van der Waals surface area contributed by atoms with Crippen LogP contribution in [-0.4, -0.2) is 16.5 Å². The van der Waals surface area contributed by atoms with Gasteiger partial charge in [0.25, 0.3) is 0 Å². The Morgan fingerprint density at radius 3 is 3.00 bits per heavy atom. The summed E-state index contributed by atoms with van der Waals surface area (Å²) >= 11 is 9.10. The highest BCUT2D eigenvalue weighted by Gasteiger charge is 2.04. The minimum absolute atomic E-state index is 0.439. The van der Waals surface area contributed by atoms with Gasteiger partial charge >= 0.3 is 0 Å². The van der Waals surface area contributed by atoms with Crippen LogP contribution in [0, 0.1) is 0 Å². The molecule has 0 aliphatic rings. The van der Waals surface area contributed by atoms with Gasteiger partial charge < -0.3 is 5.32 Å². The second-order valence-electron chi connectivity index (χ2n) is 2.61. The number of hydrogen-bond acceptors (Lipinski definition) is 3. The molecule has 0 bridgehead atoms. The van der Waals surface area contributed by atoms with E-state index < -0.39 is 0 Å². The summed E-state index contributed by atoms with van der Waals surface area (Å²) in [5.74, 6) is 0.758. The maximum atomic E-state index is 5.79. The average Bonchev–Trinajstić information content (AvgIpc) is 2.13. The van der Waals surface area contributed by atoms with E-state index in [9.17, 15) is 0 Å². The van der Waals surface area contributed by atoms with Crippen LogP contribution in [0.3, 0.4) is 0 Å². The molecule has 1 aromatic heterocycles. The summed E-state index contributed by atoms with van der Waals surface area (Å²) < 4.78 is 0.729. The average molecular weight is 265 g/mol. The number of unbranched alkanes of at least 4 members (excludes halogenated alkanes) is 1. The van der Waals surface area contributed by atoms with Crippen LogP contribution in [0.25, 0.3) is 0 Å². The minimum Gasteiger partial charge on any atom is -0.369 e. The zero-order valence-electron chi connectivity index (χ0n) is 7.35. The lowest BCUT2D eigenvalue weighted by atomic mass is 10.3. The van der Waals surface area contributed by atoms with Gasteiger partial charge in [-0.1, -0.05) is 24.9 Å². The summed E-state index contributed by atoms with van der Waals surface area (Å²) in [6.07, 6.45) is 3.72. The van der Waals surface area contributed by atoms with Crippen molar-refractivity contribution in [1.29, 1.82) is 0 Å². The maximum Gasteiger partial charge on any atom is 0.148 e. The Morgan fingerprint density at radius 1 is 1.54 bits per heavy atom. The fourth-order valence-corrected chi connectivity index (χ4v) is 1.33. The summed E-state index contributed by atoms with van der Waals surface area (Å²) in [6.45, 7) is 3.05. The van der Waals surface area contributed by atoms with Crippen LogP contribution in [0.15, 0.2) is 10.8 Å². The largest absolute Gasteiger partial charge is 0.369 e. The second-order valence-corrected chi connectivity index (χ2v) is 3.76. The Balaban J connectivity index is 2.61. The van der Waals surface area contributed by atoms with E-state index in [2.05, 4.69) is 38.1 Å². The first kappa shape index (κ1) is 10.7. The smallest absolute Gasteiger partial charge is 0.148 e. The summed E-state index contributed by atoms with van der Waals surface area (Å²) in [7, 11) is 0. The van der Waals surface area contributed by atoms with Crippen LogP contribution in [-0.2, 0) is 0 Å². The molecular weight excluding hydrogens is 253 g/mol. The highest BCUT2D eigenvalue weighted by Crippen LogP contribution is 2.25. The molecule has 1 rings (SSSR count). The molecule has 1 N–H and O–H groups in total. The predicted octanol–water partition coefficient (Wildman–Crippen LogP) is 3.10. The predicted molar refractivity (Wildman–Crippen MR) is 58.1 cm³/mol. The number of halogens is 2. The molecule has 1 heterocycles. The van der Waals surface area contributed by atoms with Gasteiger partial charge in [0.05, 0.1) is 4.47 Å². The van der Waals surface area contributed by atoms with Crippen LogP contribution in [0.2, 0.25) is 5.15 Å². The summed E-state index contributed by atoms with van der Waals surface area (Å²) in [4.78, 5) is 7.89. The van der Waals surface area contributed by atoms with Crippen molar-refractivity contribution in [2.24, 2.45) is 0 Å². The zero-order chi connectivity index (χ0) is 9.68. The minimum atomic E-state index is 0.439. The van der Waals surface area contributed by atoms with Crippen LogP contribution >= 0.6 is 27.5 Å². The van der Waals surface area contributed by atoms with Gasteiger partial charge in [-0.05, 0) is 22.4 Å². The molecule has 72 valence electrons. The fourth-order valence-electron chi connectivity index (χ4n) is 0.855. The first-order valence-electron chi connectivity index (χ1n) is 4.15. The molecule has 0 aliphatic heterocycles. The van der Waals surface area contributed by atoms with E-state index in [0.29, 0.717) is 5.15 Å². The number of nitrogens with zero attached hydrogens (tertiary/aromatic N) is 2. The first-order valence-corrected chi connectivity index (χ1v) is 5.32. The zero-order valence-corrected chi connectivity index (χ0v) is 9.69. The van der Waals surface area contributed by atoms with Crippen molar-refractivity contribution >= 4 is 33.3 Å². The highest BCUT2D eigenvalue weighted by atomic mass is 79.9. The number of anilines is 1. The van der Waals surface area contributed by atoms with Gasteiger partial charge in [0.1, 0.15) is 17.3 Å². The molecule has 3 nitrogen and oxygen atoms in total. The lowest BCUT2D eigenvalue weighted by Crippen LogP contribution is -2.04. The molecule has 0 unspecified atom stereocenters. The molecule has 0 atom stereocenters. The lowest BCUT2D eigenvalue weighted by Gasteiger charge is -2.06. The van der Waals surface area contributed by atoms with E-state index in [-0.39, 0.29) is 0 Å². The van der Waals surface area contributed by atoms with Crippen LogP contribution < -0.4 is 5.32 Å². The van der Waals surface area contributed by atoms with Crippen LogP contribution in [0.4, 0.5) is 5.82 Å². The summed E-state index contributed by atoms with van der Waals surface area (Å²) in [5.41, 5.74) is 0. The van der Waals surface area contributed by atoms with E-state index in [1.54, 1.807) is 0 Å². The van der Waals surface area contributed by atoms with E-state index in [4.69, 9.17) is 11.6 Å². The van der Waals surface area contributed by atoms with E-state index >= 15 is 0 Å². The molecule has 1 aromatic rings. The molecular formula is C8H11BrClN3. The van der Waals surface area contributed by atoms with E-state index in [1.165, 1.54) is 6.33 Å². The summed E-state index contributed by atoms with van der Waals surface area (Å²) in [5, 5.41) is 3.61. The lowest BCUT2D eigenvalue weighted by molar-refractivity contribution is 0.829. The monoisotopic (exact) mass is 263 g/mol. The highest BCUT2D eigenvalue weighted by molar-refractivity contribution is 9.10. The Kier molecular flexibility index (Phi) is 4.45. The Labute approximate surface area is 91.1 Å². The van der Waals surface area contributed by atoms with E-state index in [0.717, 1.165) is 29.7 Å². The third kappa shape index (κ3) is 3.12. The molecule has 0 amide bonds. The quantitative estimate of drug-likeness (QED) is 0.671. The third-order valence-electron chi connectivity index (χ3n) is 1.57. The molecule has 0 spiro atoms. The van der Waals surface area contributed by atoms with Crippen molar-refractivity contribution in [3.63, 3.8) is 0 Å². The van der Waals surface area contributed by atoms with Crippen molar-refractivity contribution in [1.82, 2.24) is 9.97 Å². The van der Waals surface area contributed by atoms with Crippen molar-refractivity contribution in [2.45, 2.75) is 19.8 Å². The molecule has 0 aromatic carbocycles. The first-order chi connectivity index (χ1) is 6.25. The van der Waals surface area contributed by atoms with Crippen LogP contribution in [0.5, 0.6) is 0 Å². The van der Waals surface area contributed by atoms with Crippen molar-refractivity contribution in [2.75, 3.05) is 11.9 Å². The van der Waals surface area contributed by atoms with E-state index in [1.807, 2.05) is 0 Å². The van der Waals surface area contributed by atoms with Crippen LogP contribution in [0.1, 0.15) is 19.8 Å². The van der Waals surface area contributed by atoms with Gasteiger partial charge in [0.15, 0.2) is 0 Å². The molecule has 13 heavy (non-hydrogen) atoms. The standard InChI is InChI=1S/C8H11BrClN3/c1-2-3-4-11-8-6(9)7(10)12-5-13-8/h5H,2-4H2,1H3,(H,11,12,13). The number of rotatable bonds is 4. The number of hydrogen-bond donors (Lipinski definition) is 1. The van der Waals surface area contributed by atoms with Gasteiger partial charge in [0.2, 0.25) is 0 Å². The molecule has 0 aliphatic carbocycles. The molecule has 0 fully saturated rings. The number of nitrogens with one attached hydrogen (secondary N) is 1. The Morgan fingerprint density at radius 2 is 2.31 bits per heavy atom. The molecule has 0 radical (unpaired) electrons. The third-order valence-corrected chi connectivity index (χ3v) is 2.84. The molecule has 5 heteroatoms. The fraction of sp³-hybridized carbons (Fsp3) is 0.500. The van der Waals surface area contributed by atoms with Gasteiger partial charge in [-0.25, -0.2) is 9.97 Å². The molecule has 0 saturated carbocycles. The summed E-state index contributed by atoms with van der Waals surface area (Å²) in [6, 6.07) is 0. The van der Waals surface area contributed by atoms with Crippen molar-refractivity contribution in [3.05, 3.63) is 16.0 Å². The van der Waals surface area contributed by atoms with Gasteiger partial charge in [-0.15, -0.1) is 0 Å². The topological polar surface area (TPSA) is 37.8 Å². The Hall–Kier alpha value is -0.350. The second kappa shape index (κ2) is 5.40. The normalized spacial score (nSPS) is 10.1. The van der Waals surface area contributed by atoms with Gasteiger partial charge in [-0.3, -0.25) is 0 Å². The molecule has 0 saturated heterocycles. The van der Waals surface area contributed by atoms with Crippen molar-refractivity contribution in [3.8, 4) is 0 Å². The van der Waals surface area contributed by atoms with Gasteiger partial charge in [0, 0.05) is 6.54 Å².